The molecule has 8 nitrogen and oxygen atoms in total. The summed E-state index contributed by atoms with van der Waals surface area (Å²) in [5, 5.41) is 7.96. The van der Waals surface area contributed by atoms with Crippen LogP contribution in [0.25, 0.3) is 16.9 Å². The van der Waals surface area contributed by atoms with Crippen molar-refractivity contribution in [1.82, 2.24) is 14.6 Å². The second-order valence-corrected chi connectivity index (χ2v) is 6.62. The summed E-state index contributed by atoms with van der Waals surface area (Å²) >= 11 is 0. The molecule has 2 aromatic carbocycles. The van der Waals surface area contributed by atoms with Crippen LogP contribution < -0.4 is 20.5 Å². The maximum atomic E-state index is 11.5. The summed E-state index contributed by atoms with van der Waals surface area (Å²) < 4.78 is 12.5. The third-order valence-electron chi connectivity index (χ3n) is 4.72. The number of amides is 1. The van der Waals surface area contributed by atoms with Crippen LogP contribution in [0.3, 0.4) is 0 Å². The molecule has 29 heavy (non-hydrogen) atoms. The number of benzene rings is 2. The number of anilines is 1. The van der Waals surface area contributed by atoms with Crippen molar-refractivity contribution < 1.29 is 14.3 Å². The van der Waals surface area contributed by atoms with Crippen LogP contribution >= 0.6 is 0 Å². The molecule has 0 saturated carbocycles. The van der Waals surface area contributed by atoms with Crippen LogP contribution in [-0.4, -0.2) is 27.3 Å². The van der Waals surface area contributed by atoms with Gasteiger partial charge in [-0.25, -0.2) is 9.50 Å². The van der Waals surface area contributed by atoms with E-state index in [4.69, 9.17) is 15.2 Å². The first-order valence-corrected chi connectivity index (χ1v) is 9.05. The summed E-state index contributed by atoms with van der Waals surface area (Å²) in [6, 6.07) is 16.7. The molecule has 3 N–H and O–H groups in total. The highest BCUT2D eigenvalue weighted by Gasteiger charge is 2.13. The van der Waals surface area contributed by atoms with Crippen LogP contribution in [0.1, 0.15) is 15.9 Å². The molecule has 0 saturated heterocycles. The van der Waals surface area contributed by atoms with Crippen LogP contribution in [0.4, 0.5) is 5.82 Å². The molecule has 144 valence electrons. The van der Waals surface area contributed by atoms with Crippen molar-refractivity contribution in [3.05, 3.63) is 71.9 Å². The number of imidazole rings is 1. The summed E-state index contributed by atoms with van der Waals surface area (Å²) in [7, 11) is 0. The van der Waals surface area contributed by atoms with E-state index in [0.29, 0.717) is 23.6 Å². The Labute approximate surface area is 165 Å². The number of rotatable bonds is 5. The maximum Gasteiger partial charge on any atom is 0.248 e. The van der Waals surface area contributed by atoms with Gasteiger partial charge in [-0.3, -0.25) is 4.79 Å². The topological polar surface area (TPSA) is 104 Å². The third-order valence-corrected chi connectivity index (χ3v) is 4.72. The molecule has 2 aromatic heterocycles. The summed E-state index contributed by atoms with van der Waals surface area (Å²) in [4.78, 5) is 15.9. The lowest BCUT2D eigenvalue weighted by molar-refractivity contribution is 0.100. The number of fused-ring (bicyclic) bond motifs is 2. The first-order valence-electron chi connectivity index (χ1n) is 9.05. The Morgan fingerprint density at radius 2 is 2.00 bits per heavy atom. The number of nitrogens with zero attached hydrogens (tertiary/aromatic N) is 3. The molecule has 4 aromatic rings. The van der Waals surface area contributed by atoms with E-state index in [9.17, 15) is 4.79 Å². The van der Waals surface area contributed by atoms with Crippen LogP contribution in [0, 0.1) is 0 Å². The molecule has 0 fully saturated rings. The van der Waals surface area contributed by atoms with Gasteiger partial charge in [-0.15, -0.1) is 5.10 Å². The number of hydrogen-bond donors (Lipinski definition) is 2. The summed E-state index contributed by atoms with van der Waals surface area (Å²) in [6.07, 6.45) is 1.73. The van der Waals surface area contributed by atoms with Gasteiger partial charge in [0.2, 0.25) is 12.7 Å². The molecular weight excluding hydrogens is 370 g/mol. The van der Waals surface area contributed by atoms with Gasteiger partial charge in [0.1, 0.15) is 5.82 Å². The summed E-state index contributed by atoms with van der Waals surface area (Å²) in [6.45, 7) is 0.834. The number of carbonyl (C=O) groups is 1. The molecule has 0 atom stereocenters. The molecule has 0 bridgehead atoms. The lowest BCUT2D eigenvalue weighted by Crippen LogP contribution is -2.10. The van der Waals surface area contributed by atoms with Crippen molar-refractivity contribution in [2.45, 2.75) is 6.54 Å². The van der Waals surface area contributed by atoms with E-state index in [1.807, 2.05) is 36.4 Å². The second kappa shape index (κ2) is 6.83. The second-order valence-electron chi connectivity index (χ2n) is 6.62. The van der Waals surface area contributed by atoms with Gasteiger partial charge < -0.3 is 20.5 Å². The fraction of sp³-hybridized carbons (Fsp3) is 0.0952. The largest absolute Gasteiger partial charge is 0.454 e. The summed E-state index contributed by atoms with van der Waals surface area (Å²) in [5.74, 6) is 1.73. The first-order chi connectivity index (χ1) is 14.2. The van der Waals surface area contributed by atoms with Gasteiger partial charge in [0.15, 0.2) is 17.1 Å². The Kier molecular flexibility index (Phi) is 4.02. The highest BCUT2D eigenvalue weighted by Crippen LogP contribution is 2.32. The van der Waals surface area contributed by atoms with Crippen LogP contribution in [0.5, 0.6) is 11.5 Å². The lowest BCUT2D eigenvalue weighted by Gasteiger charge is -2.08. The summed E-state index contributed by atoms with van der Waals surface area (Å²) in [5.41, 5.74) is 9.18. The van der Waals surface area contributed by atoms with E-state index in [1.165, 1.54) is 0 Å². The van der Waals surface area contributed by atoms with E-state index < -0.39 is 5.91 Å². The van der Waals surface area contributed by atoms with E-state index >= 15 is 0 Å². The Bertz CT molecular complexity index is 1230. The molecule has 5 rings (SSSR count). The van der Waals surface area contributed by atoms with Crippen molar-refractivity contribution in [1.29, 1.82) is 0 Å². The van der Waals surface area contributed by atoms with Gasteiger partial charge in [-0.2, -0.15) is 0 Å². The average molecular weight is 387 g/mol. The molecule has 0 spiro atoms. The number of primary amides is 1. The predicted octanol–water partition coefficient (Wildman–Crippen LogP) is 2.84. The van der Waals surface area contributed by atoms with E-state index in [2.05, 4.69) is 15.4 Å². The average Bonchev–Trinajstić information content (AvgIpc) is 3.38. The number of aromatic nitrogens is 3. The fourth-order valence-electron chi connectivity index (χ4n) is 3.24. The zero-order valence-corrected chi connectivity index (χ0v) is 15.3. The predicted molar refractivity (Wildman–Crippen MR) is 107 cm³/mol. The molecule has 0 radical (unpaired) electrons. The SMILES string of the molecule is NC(=O)c1cccc(-c2cnc3ccc(NCc4ccc5c(c4)OCO5)nn23)c1. The molecule has 8 heteroatoms. The molecule has 1 aliphatic heterocycles. The number of nitrogens with two attached hydrogens (primary N) is 1. The van der Waals surface area contributed by atoms with Gasteiger partial charge in [0.05, 0.1) is 11.9 Å². The standard InChI is InChI=1S/C21H17N5O3/c22-21(27)15-3-1-2-14(9-15)16-11-24-20-7-6-19(25-26(16)20)23-10-13-4-5-17-18(8-13)29-12-28-17/h1-9,11H,10,12H2,(H2,22,27)(H,23,25). The highest BCUT2D eigenvalue weighted by atomic mass is 16.7. The molecule has 1 amide bonds. The van der Waals surface area contributed by atoms with Gasteiger partial charge >= 0.3 is 0 Å². The van der Waals surface area contributed by atoms with Crippen molar-refractivity contribution in [3.63, 3.8) is 0 Å². The Morgan fingerprint density at radius 1 is 1.10 bits per heavy atom. The van der Waals surface area contributed by atoms with Crippen LogP contribution in [-0.2, 0) is 6.54 Å². The minimum Gasteiger partial charge on any atom is -0.454 e. The monoisotopic (exact) mass is 387 g/mol. The Hall–Kier alpha value is -4.07. The first kappa shape index (κ1) is 17.1. The molecule has 1 aliphatic rings. The van der Waals surface area contributed by atoms with Crippen LogP contribution in [0.2, 0.25) is 0 Å². The van der Waals surface area contributed by atoms with Gasteiger partial charge in [0.25, 0.3) is 0 Å². The van der Waals surface area contributed by atoms with Gasteiger partial charge in [-0.05, 0) is 42.0 Å². The zero-order chi connectivity index (χ0) is 19.8. The van der Waals surface area contributed by atoms with Crippen molar-refractivity contribution in [3.8, 4) is 22.8 Å². The number of ether oxygens (including phenoxy) is 2. The molecule has 0 unspecified atom stereocenters. The van der Waals surface area contributed by atoms with E-state index in [-0.39, 0.29) is 6.79 Å². The Balaban J connectivity index is 1.42. The van der Waals surface area contributed by atoms with Crippen LogP contribution in [0.15, 0.2) is 60.8 Å². The molecule has 0 aliphatic carbocycles. The lowest BCUT2D eigenvalue weighted by atomic mass is 10.1. The van der Waals surface area contributed by atoms with Crippen molar-refractivity contribution >= 4 is 17.4 Å². The van der Waals surface area contributed by atoms with E-state index in [1.54, 1.807) is 28.9 Å². The number of carbonyl (C=O) groups excluding carboxylic acids is 1. The zero-order valence-electron chi connectivity index (χ0n) is 15.3. The Morgan fingerprint density at radius 3 is 2.90 bits per heavy atom. The quantitative estimate of drug-likeness (QED) is 0.546. The van der Waals surface area contributed by atoms with Gasteiger partial charge in [0, 0.05) is 17.7 Å². The normalized spacial score (nSPS) is 12.3. The molecular formula is C21H17N5O3. The highest BCUT2D eigenvalue weighted by molar-refractivity contribution is 5.94. The maximum absolute atomic E-state index is 11.5. The van der Waals surface area contributed by atoms with E-state index in [0.717, 1.165) is 28.3 Å². The van der Waals surface area contributed by atoms with Gasteiger partial charge in [-0.1, -0.05) is 18.2 Å². The molecule has 3 heterocycles. The minimum atomic E-state index is -0.472. The minimum absolute atomic E-state index is 0.255. The smallest absolute Gasteiger partial charge is 0.248 e. The third kappa shape index (κ3) is 3.20. The number of hydrogen-bond acceptors (Lipinski definition) is 6. The van der Waals surface area contributed by atoms with Crippen molar-refractivity contribution in [2.75, 3.05) is 12.1 Å². The number of nitrogens with one attached hydrogen (secondary N) is 1. The van der Waals surface area contributed by atoms with Crippen molar-refractivity contribution in [2.24, 2.45) is 5.73 Å². The fourth-order valence-corrected chi connectivity index (χ4v) is 3.24.